The lowest BCUT2D eigenvalue weighted by molar-refractivity contribution is -0.161. The molecule has 0 bridgehead atoms. The maximum atomic E-state index is 13.1. The van der Waals surface area contributed by atoms with E-state index in [2.05, 4.69) is 90.2 Å². The van der Waals surface area contributed by atoms with Gasteiger partial charge in [-0.3, -0.25) is 37.3 Å². The third kappa shape index (κ3) is 75.3. The Bertz CT molecular complexity index is 2150. The number of aliphatic hydroxyl groups is 1. The fourth-order valence-electron chi connectivity index (χ4n) is 11.8. The van der Waals surface area contributed by atoms with Crippen LogP contribution in [0.1, 0.15) is 388 Å². The van der Waals surface area contributed by atoms with Gasteiger partial charge in [0, 0.05) is 25.7 Å². The number of carbonyl (C=O) groups excluding carboxylic acids is 4. The van der Waals surface area contributed by atoms with E-state index in [0.717, 1.165) is 140 Å². The van der Waals surface area contributed by atoms with Crippen molar-refractivity contribution in [3.8, 4) is 0 Å². The molecule has 17 nitrogen and oxygen atoms in total. The Morgan fingerprint density at radius 1 is 0.304 bits per heavy atom. The summed E-state index contributed by atoms with van der Waals surface area (Å²) in [4.78, 5) is 73.0. The van der Waals surface area contributed by atoms with E-state index < -0.39 is 97.5 Å². The molecule has 19 heteroatoms. The van der Waals surface area contributed by atoms with Crippen molar-refractivity contribution in [2.75, 3.05) is 39.6 Å². The summed E-state index contributed by atoms with van der Waals surface area (Å²) in [5.74, 6) is -0.629. The molecule has 0 aromatic heterocycles. The highest BCUT2D eigenvalue weighted by atomic mass is 31.2. The zero-order valence-electron chi connectivity index (χ0n) is 65.9. The van der Waals surface area contributed by atoms with Crippen molar-refractivity contribution in [2.24, 2.45) is 11.8 Å². The Balaban J connectivity index is 5.30. The molecule has 0 saturated carbocycles. The number of phosphoric acid groups is 2. The van der Waals surface area contributed by atoms with Crippen LogP contribution >= 0.6 is 15.6 Å². The molecule has 2 unspecified atom stereocenters. The van der Waals surface area contributed by atoms with Gasteiger partial charge in [0.1, 0.15) is 19.3 Å². The van der Waals surface area contributed by atoms with Gasteiger partial charge >= 0.3 is 39.5 Å². The minimum atomic E-state index is -4.97. The van der Waals surface area contributed by atoms with Gasteiger partial charge < -0.3 is 33.8 Å². The molecule has 3 N–H and O–H groups in total. The molecule has 0 aliphatic carbocycles. The van der Waals surface area contributed by atoms with Crippen LogP contribution in [0.2, 0.25) is 0 Å². The number of esters is 4. The number of phosphoric ester groups is 2. The number of hydrogen-bond acceptors (Lipinski definition) is 15. The first kappa shape index (κ1) is 99.0. The van der Waals surface area contributed by atoms with Crippen molar-refractivity contribution in [1.82, 2.24) is 0 Å². The van der Waals surface area contributed by atoms with E-state index in [-0.39, 0.29) is 25.7 Å². The van der Waals surface area contributed by atoms with E-state index >= 15 is 0 Å². The molecule has 598 valence electrons. The van der Waals surface area contributed by atoms with E-state index in [1.807, 2.05) is 0 Å². The Hall–Kier alpha value is -2.98. The number of allylic oxidation sites excluding steroid dienone is 8. The van der Waals surface area contributed by atoms with Crippen molar-refractivity contribution in [3.63, 3.8) is 0 Å². The third-order valence-electron chi connectivity index (χ3n) is 18.2. The molecule has 0 rings (SSSR count). The Morgan fingerprint density at radius 3 is 0.794 bits per heavy atom. The number of rotatable bonds is 78. The van der Waals surface area contributed by atoms with Crippen molar-refractivity contribution in [2.45, 2.75) is 407 Å². The molecular weight excluding hydrogens is 1330 g/mol. The van der Waals surface area contributed by atoms with E-state index in [9.17, 15) is 43.2 Å². The summed E-state index contributed by atoms with van der Waals surface area (Å²) in [7, 11) is -9.95. The van der Waals surface area contributed by atoms with Crippen molar-refractivity contribution >= 4 is 39.5 Å². The summed E-state index contributed by atoms with van der Waals surface area (Å²) < 4.78 is 68.7. The standard InChI is InChI=1S/C83H154O17P2/c1-7-9-11-13-15-17-19-21-27-32-36-40-47-53-59-65-80(85)93-71-78(99-82(87)68-62-56-50-42-38-34-30-26-24-23-25-29-31-35-39-45-51-57-63-75(3)4)73-97-101(89,90)95-69-77(84)70-96-102(91,92)98-74-79(72-94-81(86)66-60-54-48-44-43-46-52-58-64-76(5)6)100-83(88)67-61-55-49-41-37-33-28-22-20-18-16-14-12-10-8-2/h17-22,27-28,75-79,84H,7-16,23-26,29-74H2,1-6H3,(H,89,90)(H,91,92)/b19-17-,20-18-,27-21-,28-22-/t77-,78-,79-/m1/s1. The van der Waals surface area contributed by atoms with Gasteiger partial charge in [-0.05, 0) is 88.9 Å². The summed E-state index contributed by atoms with van der Waals surface area (Å²) in [5, 5.41) is 10.6. The highest BCUT2D eigenvalue weighted by Gasteiger charge is 2.30. The first-order valence-electron chi connectivity index (χ1n) is 41.6. The minimum Gasteiger partial charge on any atom is -0.462 e. The highest BCUT2D eigenvalue weighted by Crippen LogP contribution is 2.45. The average molecular weight is 1490 g/mol. The van der Waals surface area contributed by atoms with Crippen LogP contribution in [-0.2, 0) is 65.4 Å². The van der Waals surface area contributed by atoms with Crippen LogP contribution in [0.25, 0.3) is 0 Å². The SMILES string of the molecule is CCCCCC/C=C\C=C/CCCCCCCC(=O)OC[C@H](COP(=O)(O)OC[C@@H](O)COP(=O)(O)OC[C@@H](COC(=O)CCCCCCCCCCC(C)C)OC(=O)CCCCCCC/C=C\C=C/CCCCCC)OC(=O)CCCCCCCCCCCCCCCCCCCCC(C)C. The Kier molecular flexibility index (Phi) is 71.4. The molecule has 0 aromatic carbocycles. The minimum absolute atomic E-state index is 0.0822. The summed E-state index contributed by atoms with van der Waals surface area (Å²) in [6.45, 7) is 9.50. The van der Waals surface area contributed by atoms with E-state index in [1.165, 1.54) is 167 Å². The topological polar surface area (TPSA) is 237 Å². The molecule has 0 heterocycles. The summed E-state index contributed by atoms with van der Waals surface area (Å²) in [6, 6.07) is 0. The Morgan fingerprint density at radius 2 is 0.529 bits per heavy atom. The normalized spacial score (nSPS) is 14.2. The number of carbonyl (C=O) groups is 4. The zero-order chi connectivity index (χ0) is 74.9. The second-order valence-electron chi connectivity index (χ2n) is 29.4. The van der Waals surface area contributed by atoms with Crippen molar-refractivity contribution in [3.05, 3.63) is 48.6 Å². The van der Waals surface area contributed by atoms with Crippen LogP contribution in [0, 0.1) is 11.8 Å². The zero-order valence-corrected chi connectivity index (χ0v) is 67.7. The smallest absolute Gasteiger partial charge is 0.462 e. The number of ether oxygens (including phenoxy) is 4. The third-order valence-corrected chi connectivity index (χ3v) is 20.1. The number of hydrogen-bond donors (Lipinski definition) is 3. The summed E-state index contributed by atoms with van der Waals surface area (Å²) in [6.07, 6.45) is 69.7. The molecule has 102 heavy (non-hydrogen) atoms. The van der Waals surface area contributed by atoms with Gasteiger partial charge in [0.25, 0.3) is 0 Å². The lowest BCUT2D eigenvalue weighted by Crippen LogP contribution is -2.30. The summed E-state index contributed by atoms with van der Waals surface area (Å²) >= 11 is 0. The van der Waals surface area contributed by atoms with Crippen LogP contribution < -0.4 is 0 Å². The molecule has 0 saturated heterocycles. The number of unbranched alkanes of at least 4 members (excludes halogenated alkanes) is 42. The van der Waals surface area contributed by atoms with Gasteiger partial charge in [0.15, 0.2) is 12.2 Å². The maximum absolute atomic E-state index is 13.1. The van der Waals surface area contributed by atoms with Gasteiger partial charge in [-0.1, -0.05) is 334 Å². The Labute approximate surface area is 623 Å². The van der Waals surface area contributed by atoms with Gasteiger partial charge in [0.05, 0.1) is 26.4 Å². The predicted molar refractivity (Wildman–Crippen MR) is 418 cm³/mol. The predicted octanol–water partition coefficient (Wildman–Crippen LogP) is 24.2. The molecule has 0 radical (unpaired) electrons. The van der Waals surface area contributed by atoms with Crippen molar-refractivity contribution < 1.29 is 80.2 Å². The molecule has 0 amide bonds. The van der Waals surface area contributed by atoms with E-state index in [0.29, 0.717) is 25.7 Å². The first-order chi connectivity index (χ1) is 49.4. The number of aliphatic hydroxyl groups excluding tert-OH is 1. The van der Waals surface area contributed by atoms with E-state index in [4.69, 9.17) is 37.0 Å². The lowest BCUT2D eigenvalue weighted by Gasteiger charge is -2.21. The van der Waals surface area contributed by atoms with Gasteiger partial charge in [-0.15, -0.1) is 0 Å². The monoisotopic (exact) mass is 1490 g/mol. The molecule has 5 atom stereocenters. The van der Waals surface area contributed by atoms with Gasteiger partial charge in [-0.25, -0.2) is 9.13 Å². The maximum Gasteiger partial charge on any atom is 0.472 e. The van der Waals surface area contributed by atoms with Crippen LogP contribution in [0.4, 0.5) is 0 Å². The quantitative estimate of drug-likeness (QED) is 0.0169. The van der Waals surface area contributed by atoms with Crippen LogP contribution in [0.5, 0.6) is 0 Å². The fourth-order valence-corrected chi connectivity index (χ4v) is 13.4. The van der Waals surface area contributed by atoms with Crippen molar-refractivity contribution in [1.29, 1.82) is 0 Å². The summed E-state index contributed by atoms with van der Waals surface area (Å²) in [5.41, 5.74) is 0. The second kappa shape index (κ2) is 73.5. The molecule has 0 fully saturated rings. The molecule has 0 aliphatic heterocycles. The van der Waals surface area contributed by atoms with Gasteiger partial charge in [0.2, 0.25) is 0 Å². The van der Waals surface area contributed by atoms with Crippen LogP contribution in [0.3, 0.4) is 0 Å². The molecule has 0 aliphatic rings. The van der Waals surface area contributed by atoms with E-state index in [1.54, 1.807) is 0 Å². The average Bonchev–Trinajstić information content (AvgIpc) is 1.14. The molecular formula is C83H154O17P2. The van der Waals surface area contributed by atoms with Gasteiger partial charge in [-0.2, -0.15) is 0 Å². The lowest BCUT2D eigenvalue weighted by atomic mass is 10.0. The first-order valence-corrected chi connectivity index (χ1v) is 44.6. The highest BCUT2D eigenvalue weighted by molar-refractivity contribution is 7.47. The van der Waals surface area contributed by atoms with Crippen LogP contribution in [-0.4, -0.2) is 96.7 Å². The second-order valence-corrected chi connectivity index (χ2v) is 32.4. The molecule has 0 aromatic rings. The van der Waals surface area contributed by atoms with Crippen LogP contribution in [0.15, 0.2) is 48.6 Å². The molecule has 0 spiro atoms. The largest absolute Gasteiger partial charge is 0.472 e. The fraction of sp³-hybridized carbons (Fsp3) is 0.855.